The van der Waals surface area contributed by atoms with E-state index in [1.807, 2.05) is 44.6 Å². The van der Waals surface area contributed by atoms with E-state index in [9.17, 15) is 8.78 Å². The molecule has 0 bridgehead atoms. The van der Waals surface area contributed by atoms with Crippen LogP contribution in [-0.4, -0.2) is 29.5 Å². The summed E-state index contributed by atoms with van der Waals surface area (Å²) in [5, 5.41) is 9.10. The monoisotopic (exact) mass is 408 g/mol. The molecule has 0 N–H and O–H groups in total. The van der Waals surface area contributed by atoms with E-state index in [-0.39, 0.29) is 5.56 Å². The quantitative estimate of drug-likeness (QED) is 0.487. The first-order valence-electron chi connectivity index (χ1n) is 9.59. The average Bonchev–Trinajstić information content (AvgIpc) is 3.21. The predicted molar refractivity (Wildman–Crippen MR) is 110 cm³/mol. The summed E-state index contributed by atoms with van der Waals surface area (Å²) in [5.41, 5.74) is 6.37. The van der Waals surface area contributed by atoms with Crippen molar-refractivity contribution < 1.29 is 8.78 Å². The lowest BCUT2D eigenvalue weighted by Gasteiger charge is -2.07. The van der Waals surface area contributed by atoms with Gasteiger partial charge in [0.25, 0.3) is 6.43 Å². The van der Waals surface area contributed by atoms with E-state index in [1.54, 1.807) is 16.8 Å². The highest BCUT2D eigenvalue weighted by atomic mass is 19.3. The molecule has 0 saturated carbocycles. The van der Waals surface area contributed by atoms with Crippen LogP contribution >= 0.6 is 0 Å². The minimum Gasteiger partial charge on any atom is -0.271 e. The van der Waals surface area contributed by atoms with Crippen molar-refractivity contribution >= 4 is 0 Å². The minimum atomic E-state index is -2.48. The van der Waals surface area contributed by atoms with Gasteiger partial charge in [0.2, 0.25) is 0 Å². The van der Waals surface area contributed by atoms with Crippen LogP contribution in [0.15, 0.2) is 42.7 Å². The van der Waals surface area contributed by atoms with Crippen molar-refractivity contribution in [2.45, 2.75) is 33.6 Å². The Morgan fingerprint density at radius 1 is 0.967 bits per heavy atom. The zero-order valence-electron chi connectivity index (χ0n) is 17.3. The zero-order chi connectivity index (χ0) is 21.4. The maximum absolute atomic E-state index is 12.8. The van der Waals surface area contributed by atoms with Crippen LogP contribution in [0.1, 0.15) is 40.3 Å². The average molecular weight is 408 g/mol. The number of halogens is 2. The third-order valence-corrected chi connectivity index (χ3v) is 5.15. The maximum atomic E-state index is 12.8. The second-order valence-corrected chi connectivity index (χ2v) is 7.35. The Morgan fingerprint density at radius 3 is 2.33 bits per heavy atom. The van der Waals surface area contributed by atoms with Crippen LogP contribution in [0.2, 0.25) is 0 Å². The largest absolute Gasteiger partial charge is 0.271 e. The molecule has 0 amide bonds. The van der Waals surface area contributed by atoms with E-state index in [0.29, 0.717) is 12.2 Å². The zero-order valence-corrected chi connectivity index (χ0v) is 17.3. The van der Waals surface area contributed by atoms with Crippen molar-refractivity contribution in [3.63, 3.8) is 0 Å². The van der Waals surface area contributed by atoms with Crippen molar-refractivity contribution in [1.29, 1.82) is 0 Å². The van der Waals surface area contributed by atoms with Crippen LogP contribution in [0.4, 0.5) is 8.78 Å². The summed E-state index contributed by atoms with van der Waals surface area (Å²) in [5.74, 6) is 0.716. The summed E-state index contributed by atoms with van der Waals surface area (Å²) in [4.78, 5) is 8.77. The smallest absolute Gasteiger partial charge is 0.263 e. The Bertz CT molecular complexity index is 1190. The van der Waals surface area contributed by atoms with Crippen molar-refractivity contribution in [2.75, 3.05) is 0 Å². The maximum Gasteiger partial charge on any atom is 0.263 e. The van der Waals surface area contributed by atoms with Crippen LogP contribution in [-0.2, 0) is 13.5 Å². The number of rotatable bonds is 5. The molecule has 3 aromatic heterocycles. The molecular weight excluding hydrogens is 386 g/mol. The molecule has 1 aromatic carbocycles. The van der Waals surface area contributed by atoms with E-state index < -0.39 is 6.43 Å². The van der Waals surface area contributed by atoms with E-state index in [1.165, 1.54) is 18.5 Å². The van der Waals surface area contributed by atoms with Gasteiger partial charge in [-0.1, -0.05) is 24.3 Å². The van der Waals surface area contributed by atoms with Gasteiger partial charge in [-0.2, -0.15) is 10.2 Å². The van der Waals surface area contributed by atoms with Crippen LogP contribution in [0.5, 0.6) is 0 Å². The van der Waals surface area contributed by atoms with Crippen molar-refractivity contribution in [3.8, 4) is 17.1 Å². The Morgan fingerprint density at radius 2 is 1.70 bits per heavy atom. The number of nitrogens with zero attached hydrogens (tertiary/aromatic N) is 6. The highest BCUT2D eigenvalue weighted by Crippen LogP contribution is 2.28. The number of hydrogen-bond donors (Lipinski definition) is 0. The third-order valence-electron chi connectivity index (χ3n) is 5.15. The van der Waals surface area contributed by atoms with Gasteiger partial charge < -0.3 is 0 Å². The lowest BCUT2D eigenvalue weighted by molar-refractivity contribution is 0.151. The first-order chi connectivity index (χ1) is 14.3. The lowest BCUT2D eigenvalue weighted by atomic mass is 10.0. The van der Waals surface area contributed by atoms with E-state index in [2.05, 4.69) is 20.2 Å². The normalized spacial score (nSPS) is 11.4. The molecule has 6 nitrogen and oxygen atoms in total. The molecule has 4 aromatic rings. The van der Waals surface area contributed by atoms with E-state index in [4.69, 9.17) is 0 Å². The molecule has 0 aliphatic carbocycles. The first kappa shape index (κ1) is 19.9. The molecule has 0 unspecified atom stereocenters. The minimum absolute atomic E-state index is 0.00484. The summed E-state index contributed by atoms with van der Waals surface area (Å²) in [6.45, 7) is 5.92. The second kappa shape index (κ2) is 7.78. The Balaban J connectivity index is 1.65. The van der Waals surface area contributed by atoms with Crippen molar-refractivity contribution in [2.24, 2.45) is 7.05 Å². The molecule has 8 heteroatoms. The number of aromatic nitrogens is 6. The van der Waals surface area contributed by atoms with Gasteiger partial charge in [0, 0.05) is 42.0 Å². The lowest BCUT2D eigenvalue weighted by Crippen LogP contribution is -2.06. The molecule has 0 spiro atoms. The molecule has 0 aliphatic heterocycles. The predicted octanol–water partition coefficient (Wildman–Crippen LogP) is 4.52. The number of alkyl halides is 2. The van der Waals surface area contributed by atoms with Crippen LogP contribution < -0.4 is 0 Å². The van der Waals surface area contributed by atoms with Gasteiger partial charge in [-0.05, 0) is 32.4 Å². The fourth-order valence-corrected chi connectivity index (χ4v) is 3.60. The fourth-order valence-electron chi connectivity index (χ4n) is 3.60. The van der Waals surface area contributed by atoms with Gasteiger partial charge in [0.05, 0.1) is 17.1 Å². The number of hydrogen-bond acceptors (Lipinski definition) is 4. The topological polar surface area (TPSA) is 61.4 Å². The van der Waals surface area contributed by atoms with Crippen LogP contribution in [0.3, 0.4) is 0 Å². The Kier molecular flexibility index (Phi) is 5.15. The standard InChI is InChI=1S/C22H22F2N6/c1-13-9-14(2)30(27-13)20-11-18(25-12-26-20)10-19-15(3)21(28-29(19)4)16-5-7-17(8-6-16)22(23)24/h5-9,11-12,22H,10H2,1-4H3. The van der Waals surface area contributed by atoms with Crippen molar-refractivity contribution in [1.82, 2.24) is 29.5 Å². The Hall–Kier alpha value is -3.42. The van der Waals surface area contributed by atoms with Gasteiger partial charge in [-0.25, -0.2) is 23.4 Å². The highest BCUT2D eigenvalue weighted by Gasteiger charge is 2.16. The Labute approximate surface area is 173 Å². The van der Waals surface area contributed by atoms with E-state index in [0.717, 1.165) is 39.6 Å². The number of benzene rings is 1. The molecule has 30 heavy (non-hydrogen) atoms. The molecule has 0 atom stereocenters. The molecular formula is C22H22F2N6. The van der Waals surface area contributed by atoms with Gasteiger partial charge in [-0.15, -0.1) is 0 Å². The van der Waals surface area contributed by atoms with E-state index >= 15 is 0 Å². The summed E-state index contributed by atoms with van der Waals surface area (Å²) in [6.07, 6.45) is -0.371. The SMILES string of the molecule is Cc1cc(C)n(-c2cc(Cc3c(C)c(-c4ccc(C(F)F)cc4)nn3C)ncn2)n1. The highest BCUT2D eigenvalue weighted by molar-refractivity contribution is 5.64. The summed E-state index contributed by atoms with van der Waals surface area (Å²) in [6, 6.07) is 10.2. The van der Waals surface area contributed by atoms with Gasteiger partial charge in [-0.3, -0.25) is 4.68 Å². The van der Waals surface area contributed by atoms with Crippen LogP contribution in [0, 0.1) is 20.8 Å². The van der Waals surface area contributed by atoms with Gasteiger partial charge >= 0.3 is 0 Å². The van der Waals surface area contributed by atoms with Crippen LogP contribution in [0.25, 0.3) is 17.1 Å². The first-order valence-corrected chi connectivity index (χ1v) is 9.59. The number of aryl methyl sites for hydroxylation is 3. The summed E-state index contributed by atoms with van der Waals surface area (Å²) < 4.78 is 29.3. The third kappa shape index (κ3) is 3.72. The molecule has 0 saturated heterocycles. The molecule has 0 aliphatic rings. The van der Waals surface area contributed by atoms with Gasteiger partial charge in [0.1, 0.15) is 6.33 Å². The van der Waals surface area contributed by atoms with Gasteiger partial charge in [0.15, 0.2) is 5.82 Å². The molecule has 3 heterocycles. The molecule has 0 radical (unpaired) electrons. The molecule has 0 fully saturated rings. The second-order valence-electron chi connectivity index (χ2n) is 7.35. The molecule has 4 rings (SSSR count). The summed E-state index contributed by atoms with van der Waals surface area (Å²) >= 11 is 0. The fraction of sp³-hybridized carbons (Fsp3) is 0.273. The molecule has 154 valence electrons. The van der Waals surface area contributed by atoms with Crippen molar-refractivity contribution in [3.05, 3.63) is 76.6 Å². The summed E-state index contributed by atoms with van der Waals surface area (Å²) in [7, 11) is 1.88.